The number of aromatic nitrogens is 2. The minimum absolute atomic E-state index is 0. The molecule has 0 saturated carbocycles. The summed E-state index contributed by atoms with van der Waals surface area (Å²) in [7, 11) is 0. The van der Waals surface area contributed by atoms with Crippen molar-refractivity contribution in [2.24, 2.45) is 0 Å². The molecule has 0 aliphatic rings. The number of aryl methyl sites for hydroxylation is 1. The zero-order valence-electron chi connectivity index (χ0n) is 36.2. The molecule has 0 aliphatic carbocycles. The number of halogens is 13. The number of anilines is 3. The third-order valence-electron chi connectivity index (χ3n) is 7.51. The number of amides is 3. The van der Waals surface area contributed by atoms with E-state index in [4.69, 9.17) is 47.8 Å². The van der Waals surface area contributed by atoms with Gasteiger partial charge in [0, 0.05) is 59.1 Å². The monoisotopic (exact) mass is 1370 g/mol. The summed E-state index contributed by atoms with van der Waals surface area (Å²) in [5, 5.41) is 13.4. The number of nitriles is 1. The third-order valence-corrected chi connectivity index (χ3v) is 8.17. The molecule has 2 heterocycles. The van der Waals surface area contributed by atoms with E-state index < -0.39 is 64.1 Å². The summed E-state index contributed by atoms with van der Waals surface area (Å²) >= 11 is 18.2. The van der Waals surface area contributed by atoms with Crippen LogP contribution in [0.15, 0.2) is 109 Å². The maximum atomic E-state index is 14.3. The molecule has 4 aromatic carbocycles. The Morgan fingerprint density at radius 3 is 1.79 bits per heavy atom. The first-order chi connectivity index (χ1) is 32.5. The number of nitrogens with two attached hydrogens (primary N) is 1. The number of alkyl halides is 6. The van der Waals surface area contributed by atoms with Crippen molar-refractivity contribution in [3.8, 4) is 35.0 Å². The molecule has 6 rings (SSSR count). The van der Waals surface area contributed by atoms with Gasteiger partial charge in [-0.1, -0.05) is 30.6 Å². The number of benzene rings is 4. The van der Waals surface area contributed by atoms with Crippen molar-refractivity contribution < 1.29 is 68.0 Å². The third kappa shape index (κ3) is 20.6. The Labute approximate surface area is 435 Å². The molecule has 0 aliphatic heterocycles. The van der Waals surface area contributed by atoms with Gasteiger partial charge in [0.15, 0.2) is 0 Å². The van der Waals surface area contributed by atoms with Crippen molar-refractivity contribution in [1.29, 1.82) is 5.26 Å². The van der Waals surface area contributed by atoms with Crippen LogP contribution in [0.1, 0.15) is 38.8 Å². The van der Waals surface area contributed by atoms with Crippen LogP contribution in [0.5, 0.6) is 28.7 Å². The first kappa shape index (κ1) is 54.3. The van der Waals surface area contributed by atoms with Gasteiger partial charge in [0.1, 0.15) is 46.1 Å². The van der Waals surface area contributed by atoms with E-state index in [0.717, 1.165) is 30.0 Å². The summed E-state index contributed by atoms with van der Waals surface area (Å²) in [6.07, 6.45) is -5.14. The van der Waals surface area contributed by atoms with E-state index >= 15 is 0 Å². The maximum absolute atomic E-state index is 14.3. The fourth-order valence-corrected chi connectivity index (χ4v) is 5.14. The Morgan fingerprint density at radius 1 is 0.735 bits per heavy atom. The second-order valence-corrected chi connectivity index (χ2v) is 48.5. The fraction of sp³-hybridized carbons (Fsp3) is 0.119. The van der Waals surface area contributed by atoms with Crippen molar-refractivity contribution in [2.75, 3.05) is 23.3 Å². The Bertz CT molecular complexity index is 2820. The molecule has 3 amide bonds. The number of carbonyl (C=O) groups excluding carboxylic acids is 2. The number of nitrogens with zero attached hydrogens (tertiary/aromatic N) is 3. The fourth-order valence-electron chi connectivity index (χ4n) is 4.69. The molecular formula is C42H33Cl2F8I3N7O5V. The molecule has 0 saturated heterocycles. The van der Waals surface area contributed by atoms with Crippen molar-refractivity contribution in [2.45, 2.75) is 26.7 Å². The first-order valence-electron chi connectivity index (χ1n) is 19.1. The van der Waals surface area contributed by atoms with Gasteiger partial charge in [-0.05, 0) is 79.7 Å². The molecule has 2 aromatic heterocycles. The normalized spacial score (nSPS) is 11.3. The molecule has 12 nitrogen and oxygen atoms in total. The van der Waals surface area contributed by atoms with Crippen molar-refractivity contribution in [3.05, 3.63) is 154 Å². The quantitative estimate of drug-likeness (QED) is 0.0501. The molecule has 6 aromatic rings. The van der Waals surface area contributed by atoms with Crippen molar-refractivity contribution >= 4 is 112 Å². The van der Waals surface area contributed by atoms with Crippen LogP contribution in [-0.2, 0) is 17.3 Å². The number of pyridine rings is 2. The van der Waals surface area contributed by atoms with Crippen molar-refractivity contribution in [3.63, 3.8) is 0 Å². The van der Waals surface area contributed by atoms with Gasteiger partial charge < -0.3 is 35.9 Å². The van der Waals surface area contributed by atoms with E-state index in [1.165, 1.54) is 61.0 Å². The number of urea groups is 1. The van der Waals surface area contributed by atoms with E-state index in [2.05, 4.69) is 85.3 Å². The van der Waals surface area contributed by atoms with Gasteiger partial charge in [-0.15, -0.1) is 5.26 Å². The number of hydrogen-bond acceptors (Lipinski definition) is 9. The predicted molar refractivity (Wildman–Crippen MR) is 265 cm³/mol. The van der Waals surface area contributed by atoms with Crippen molar-refractivity contribution in [1.82, 2.24) is 15.3 Å². The number of rotatable bonds is 8. The standard InChI is InChI=1S/C20H14ClF4N3O2.C13H12FN3O2.C8H3ClF3NO.CH4.3HI.V/c1-11-8-14(6-7-26-11)30-13-3-5-18(17(22)10-13)28-19(29)27-12-2-4-16(21)15(9-12)20(23,24)25;1-16-13(18)12-7-9(4-5-17-12)19-8-2-3-11(15)10(14)6-8;9-7-2-1-5(14-4-13)3-6(7)8(10,11)12;;;;;/h2-10H,1H3,(H2,27,28,29);2-7H,15H2,1H3,(H,16,18);1-3H;1H4;3*1H;/q;;;;;;;+3/p-3/i;1D3;;;;;;. The SMILES string of the molecule is C.Cc1cc(Oc2ccc(NC(=O)Nc3ccc(Cl)c(C(F)(F)F)c3)c(F)c2)ccn1.N#COc1ccc(Cl)c(C(F)(F)F)c1.[2H]C([2H])([2H])NC(=O)c1cc(Oc2ccc(N)c(F)c2)ccn1.[I][V]([I])[I]. The van der Waals surface area contributed by atoms with Gasteiger partial charge in [0.2, 0.25) is 0 Å². The number of carbonyl (C=O) groups is 2. The molecule has 0 bridgehead atoms. The molecule has 0 atom stereocenters. The molecule has 68 heavy (non-hydrogen) atoms. The number of hydrogen-bond donors (Lipinski definition) is 4. The van der Waals surface area contributed by atoms with Crippen LogP contribution < -0.4 is 35.9 Å². The van der Waals surface area contributed by atoms with E-state index in [1.807, 2.05) is 5.32 Å². The Hall–Kier alpha value is -4.60. The zero-order chi connectivity index (χ0) is 52.6. The van der Waals surface area contributed by atoms with Gasteiger partial charge >= 0.3 is 83.2 Å². The molecule has 362 valence electrons. The van der Waals surface area contributed by atoms with E-state index in [0.29, 0.717) is 17.9 Å². The van der Waals surface area contributed by atoms with Gasteiger partial charge in [0.25, 0.3) is 12.2 Å². The summed E-state index contributed by atoms with van der Waals surface area (Å²) in [5.41, 5.74) is 3.47. The summed E-state index contributed by atoms with van der Waals surface area (Å²) in [6, 6.07) is 18.5. The van der Waals surface area contributed by atoms with Crippen LogP contribution in [0.25, 0.3) is 0 Å². The average Bonchev–Trinajstić information content (AvgIpc) is 3.24. The summed E-state index contributed by atoms with van der Waals surface area (Å²) < 4.78 is 139. The van der Waals surface area contributed by atoms with Gasteiger partial charge in [-0.3, -0.25) is 14.8 Å². The van der Waals surface area contributed by atoms with Gasteiger partial charge in [-0.25, -0.2) is 13.6 Å². The second-order valence-electron chi connectivity index (χ2n) is 12.3. The van der Waals surface area contributed by atoms with Gasteiger partial charge in [0.05, 0.1) is 32.5 Å². The molecule has 0 unspecified atom stereocenters. The molecule has 0 fully saturated rings. The molecule has 5 N–H and O–H groups in total. The average molecular weight is 1370 g/mol. The summed E-state index contributed by atoms with van der Waals surface area (Å²) in [6.45, 7) is -0.840. The molecule has 0 radical (unpaired) electrons. The predicted octanol–water partition coefficient (Wildman–Crippen LogP) is 15.1. The first-order valence-corrected chi connectivity index (χ1v) is 31.9. The summed E-state index contributed by atoms with van der Waals surface area (Å²) in [4.78, 5) is 31.3. The summed E-state index contributed by atoms with van der Waals surface area (Å²) in [5.74, 6) is -1.44. The van der Waals surface area contributed by atoms with Crippen LogP contribution in [0.4, 0.5) is 57.0 Å². The van der Waals surface area contributed by atoms with E-state index in [1.54, 1.807) is 25.3 Å². The van der Waals surface area contributed by atoms with Crippen LogP contribution >= 0.6 is 83.1 Å². The van der Waals surface area contributed by atoms with Gasteiger partial charge in [-0.2, -0.15) is 26.3 Å². The number of nitrogens with one attached hydrogen (secondary N) is 3. The zero-order valence-corrected chi connectivity index (χ0v) is 42.6. The van der Waals surface area contributed by atoms with Crippen LogP contribution in [-0.4, -0.2) is 28.9 Å². The molecular weight excluding hydrogens is 1340 g/mol. The Morgan fingerprint density at radius 2 is 1.25 bits per heavy atom. The second kappa shape index (κ2) is 28.2. The minimum atomic E-state index is -4.68. The molecule has 0 spiro atoms. The van der Waals surface area contributed by atoms with E-state index in [9.17, 15) is 44.7 Å². The number of nitrogen functional groups attached to an aromatic ring is 1. The number of ether oxygens (including phenoxy) is 3. The van der Waals surface area contributed by atoms with Crippen LogP contribution in [0.3, 0.4) is 0 Å². The topological polar surface area (TPSA) is 174 Å². The van der Waals surface area contributed by atoms with Crippen LogP contribution in [0.2, 0.25) is 10.0 Å². The Balaban J connectivity index is 0.000000370. The molecule has 26 heteroatoms. The van der Waals surface area contributed by atoms with Crippen LogP contribution in [0, 0.1) is 30.1 Å². The Kier molecular flexibility index (Phi) is 22.5. The van der Waals surface area contributed by atoms with E-state index in [-0.39, 0.29) is 58.1 Å².